The second kappa shape index (κ2) is 22.6. The summed E-state index contributed by atoms with van der Waals surface area (Å²) in [6.45, 7) is 4.92. The number of nitrogens with one attached hydrogen (secondary N) is 3. The number of rotatable bonds is 17. The van der Waals surface area contributed by atoms with Crippen molar-refractivity contribution in [3.63, 3.8) is 0 Å². The van der Waals surface area contributed by atoms with Gasteiger partial charge in [0.05, 0.1) is 48.9 Å². The number of carboxylic acid groups (broad SMARTS) is 3. The molecule has 16 heteroatoms. The third-order valence-electron chi connectivity index (χ3n) is 4.89. The molecular weight excluding hydrogens is 523 g/mol. The molecule has 3 atom stereocenters. The fourth-order valence-electron chi connectivity index (χ4n) is 3.15. The van der Waals surface area contributed by atoms with Crippen LogP contribution >= 0.6 is 0 Å². The van der Waals surface area contributed by atoms with E-state index in [4.69, 9.17) is 0 Å². The SMILES string of the molecule is CCCC(NC(=O)CC(O)(CC(=O)NC(CCC)C(=O)[O-])C(=O)NC(CCC)C(=O)[O-])C(=O)[O-].[Na+].[Na+].[Na+]. The minimum atomic E-state index is -2.83. The van der Waals surface area contributed by atoms with Crippen LogP contribution in [-0.4, -0.2) is 64.5 Å². The van der Waals surface area contributed by atoms with E-state index < -0.39 is 72.2 Å². The molecule has 0 aliphatic rings. The maximum absolute atomic E-state index is 12.7. The summed E-state index contributed by atoms with van der Waals surface area (Å²) in [6.07, 6.45) is -1.29. The summed E-state index contributed by atoms with van der Waals surface area (Å²) in [5, 5.41) is 50.7. The molecule has 3 amide bonds. The van der Waals surface area contributed by atoms with Crippen molar-refractivity contribution in [2.45, 2.75) is 95.9 Å². The van der Waals surface area contributed by atoms with Crippen molar-refractivity contribution in [3.05, 3.63) is 0 Å². The number of carbonyl (C=O) groups is 6. The van der Waals surface area contributed by atoms with E-state index in [0.717, 1.165) is 0 Å². The second-order valence-corrected chi connectivity index (χ2v) is 7.97. The maximum Gasteiger partial charge on any atom is 1.00 e. The fourth-order valence-corrected chi connectivity index (χ4v) is 3.15. The summed E-state index contributed by atoms with van der Waals surface area (Å²) in [4.78, 5) is 71.2. The summed E-state index contributed by atoms with van der Waals surface area (Å²) in [5.41, 5.74) is -2.83. The Morgan fingerprint density at radius 3 is 1.14 bits per heavy atom. The van der Waals surface area contributed by atoms with Crippen molar-refractivity contribution in [2.75, 3.05) is 0 Å². The molecule has 0 bridgehead atoms. The van der Waals surface area contributed by atoms with Gasteiger partial charge >= 0.3 is 88.7 Å². The van der Waals surface area contributed by atoms with E-state index in [1.54, 1.807) is 20.8 Å². The molecule has 0 aliphatic heterocycles. The molecule has 0 heterocycles. The van der Waals surface area contributed by atoms with E-state index in [2.05, 4.69) is 10.6 Å². The molecule has 0 radical (unpaired) electrons. The molecule has 0 saturated heterocycles. The van der Waals surface area contributed by atoms with Gasteiger partial charge in [0.1, 0.15) is 0 Å². The van der Waals surface area contributed by atoms with Crippen LogP contribution in [0.1, 0.15) is 72.1 Å². The first kappa shape index (κ1) is 43.8. The molecule has 0 aromatic carbocycles. The molecule has 194 valence electrons. The number of amides is 3. The van der Waals surface area contributed by atoms with Crippen LogP contribution in [0.25, 0.3) is 0 Å². The Labute approximate surface area is 282 Å². The standard InChI is InChI=1S/C21H35N3O10.3Na/c1-4-7-12(17(27)28)22-15(25)10-21(34,20(33)24-14(9-6-3)19(31)32)11-16(26)23-13(8-5-2)18(29)30;;;/h12-14,34H,4-11H2,1-3H3,(H,22,25)(H,23,26)(H,24,33)(H,27,28)(H,29,30)(H,31,32);;;/q;3*+1/p-3. The zero-order valence-electron chi connectivity index (χ0n) is 22.5. The molecule has 3 unspecified atom stereocenters. The van der Waals surface area contributed by atoms with E-state index in [9.17, 15) is 49.2 Å². The van der Waals surface area contributed by atoms with Gasteiger partial charge in [-0.2, -0.15) is 0 Å². The van der Waals surface area contributed by atoms with E-state index in [-0.39, 0.29) is 108 Å². The molecule has 37 heavy (non-hydrogen) atoms. The number of carbonyl (C=O) groups excluding carboxylic acids is 6. The Morgan fingerprint density at radius 2 is 0.892 bits per heavy atom. The van der Waals surface area contributed by atoms with Crippen LogP contribution in [-0.2, 0) is 28.8 Å². The van der Waals surface area contributed by atoms with Crippen LogP contribution in [0, 0.1) is 0 Å². The van der Waals surface area contributed by atoms with E-state index in [1.807, 2.05) is 5.32 Å². The monoisotopic (exact) mass is 555 g/mol. The normalized spacial score (nSPS) is 13.9. The van der Waals surface area contributed by atoms with Crippen LogP contribution < -0.4 is 120 Å². The smallest absolute Gasteiger partial charge is 0.548 e. The summed E-state index contributed by atoms with van der Waals surface area (Å²) < 4.78 is 0. The zero-order chi connectivity index (χ0) is 26.5. The van der Waals surface area contributed by atoms with Gasteiger partial charge < -0.3 is 50.8 Å². The summed E-state index contributed by atoms with van der Waals surface area (Å²) in [7, 11) is 0. The molecular formula is C21H32N3Na3O10. The molecule has 0 aromatic rings. The van der Waals surface area contributed by atoms with Crippen molar-refractivity contribution in [2.24, 2.45) is 0 Å². The maximum atomic E-state index is 12.7. The predicted molar refractivity (Wildman–Crippen MR) is 110 cm³/mol. The van der Waals surface area contributed by atoms with Gasteiger partial charge in [0.2, 0.25) is 11.8 Å². The van der Waals surface area contributed by atoms with Gasteiger partial charge in [0.15, 0.2) is 5.60 Å². The molecule has 0 fully saturated rings. The molecule has 0 rings (SSSR count). The van der Waals surface area contributed by atoms with Crippen LogP contribution in [0.15, 0.2) is 0 Å². The van der Waals surface area contributed by atoms with E-state index >= 15 is 0 Å². The Bertz CT molecular complexity index is 730. The zero-order valence-corrected chi connectivity index (χ0v) is 28.5. The third-order valence-corrected chi connectivity index (χ3v) is 4.89. The first-order valence-electron chi connectivity index (χ1n) is 11.1. The van der Waals surface area contributed by atoms with Crippen molar-refractivity contribution in [1.29, 1.82) is 0 Å². The molecule has 0 saturated carbocycles. The summed E-state index contributed by atoms with van der Waals surface area (Å²) >= 11 is 0. The largest absolute Gasteiger partial charge is 1.00 e. The summed E-state index contributed by atoms with van der Waals surface area (Å²) in [6, 6.07) is -4.40. The number of hydrogen-bond acceptors (Lipinski definition) is 10. The molecule has 13 nitrogen and oxygen atoms in total. The van der Waals surface area contributed by atoms with Gasteiger partial charge in [-0.3, -0.25) is 14.4 Å². The van der Waals surface area contributed by atoms with Crippen LogP contribution in [0.4, 0.5) is 0 Å². The molecule has 4 N–H and O–H groups in total. The third kappa shape index (κ3) is 17.2. The van der Waals surface area contributed by atoms with E-state index in [0.29, 0.717) is 19.3 Å². The van der Waals surface area contributed by atoms with Gasteiger partial charge in [0.25, 0.3) is 5.91 Å². The van der Waals surface area contributed by atoms with Crippen LogP contribution in [0.3, 0.4) is 0 Å². The van der Waals surface area contributed by atoms with Crippen LogP contribution in [0.5, 0.6) is 0 Å². The van der Waals surface area contributed by atoms with Crippen molar-refractivity contribution < 1.29 is 138 Å². The fraction of sp³-hybridized carbons (Fsp3) is 0.714. The molecule has 0 aliphatic carbocycles. The first-order chi connectivity index (χ1) is 15.8. The predicted octanol–water partition coefficient (Wildman–Crippen LogP) is -13.4. The van der Waals surface area contributed by atoms with Gasteiger partial charge in [0, 0.05) is 0 Å². The Morgan fingerprint density at radius 1 is 0.622 bits per heavy atom. The topological polar surface area (TPSA) is 228 Å². The number of aliphatic hydroxyl groups is 1. The van der Waals surface area contributed by atoms with E-state index in [1.165, 1.54) is 0 Å². The summed E-state index contributed by atoms with van der Waals surface area (Å²) in [5.74, 6) is -8.51. The van der Waals surface area contributed by atoms with Crippen molar-refractivity contribution >= 4 is 35.6 Å². The average molecular weight is 555 g/mol. The number of carboxylic acids is 3. The first-order valence-corrected chi connectivity index (χ1v) is 11.1. The Hall–Kier alpha value is -0.220. The molecule has 0 aromatic heterocycles. The molecule has 0 spiro atoms. The minimum Gasteiger partial charge on any atom is -0.548 e. The quantitative estimate of drug-likeness (QED) is 0.124. The van der Waals surface area contributed by atoms with Crippen LogP contribution in [0.2, 0.25) is 0 Å². The Kier molecular flexibility index (Phi) is 26.7. The number of hydrogen-bond donors (Lipinski definition) is 4. The van der Waals surface area contributed by atoms with Gasteiger partial charge in [-0.05, 0) is 19.3 Å². The van der Waals surface area contributed by atoms with Crippen molar-refractivity contribution in [3.8, 4) is 0 Å². The average Bonchev–Trinajstić information content (AvgIpc) is 2.72. The Balaban J connectivity index is -0.00000181. The van der Waals surface area contributed by atoms with Gasteiger partial charge in [-0.1, -0.05) is 40.0 Å². The van der Waals surface area contributed by atoms with Gasteiger partial charge in [-0.15, -0.1) is 0 Å². The number of aliphatic carboxylic acids is 3. The van der Waals surface area contributed by atoms with Crippen molar-refractivity contribution in [1.82, 2.24) is 16.0 Å². The van der Waals surface area contributed by atoms with Gasteiger partial charge in [-0.25, -0.2) is 0 Å². The second-order valence-electron chi connectivity index (χ2n) is 7.97. The minimum absolute atomic E-state index is 0.